The Hall–Kier alpha value is -1.42. The Morgan fingerprint density at radius 2 is 1.90 bits per heavy atom. The van der Waals surface area contributed by atoms with E-state index in [9.17, 15) is 0 Å². The number of rotatable bonds is 3. The van der Waals surface area contributed by atoms with Crippen molar-refractivity contribution in [2.45, 2.75) is 44.2 Å². The molecule has 21 heavy (non-hydrogen) atoms. The van der Waals surface area contributed by atoms with Crippen molar-refractivity contribution < 1.29 is 9.47 Å². The highest BCUT2D eigenvalue weighted by molar-refractivity contribution is 5.55. The molecule has 2 N–H and O–H groups in total. The first-order valence-corrected chi connectivity index (χ1v) is 8.30. The van der Waals surface area contributed by atoms with Gasteiger partial charge in [-0.25, -0.2) is 0 Å². The monoisotopic (exact) mass is 288 g/mol. The molecule has 4 rings (SSSR count). The Kier molecular flexibility index (Phi) is 3.63. The van der Waals surface area contributed by atoms with E-state index in [0.717, 1.165) is 23.1 Å². The van der Waals surface area contributed by atoms with Crippen LogP contribution in [-0.2, 0) is 0 Å². The van der Waals surface area contributed by atoms with Gasteiger partial charge >= 0.3 is 0 Å². The van der Waals surface area contributed by atoms with Gasteiger partial charge in [0.2, 0.25) is 0 Å². The van der Waals surface area contributed by atoms with Crippen LogP contribution < -0.4 is 20.1 Å². The van der Waals surface area contributed by atoms with Gasteiger partial charge in [-0.2, -0.15) is 0 Å². The Balaban J connectivity index is 1.47. The second-order valence-electron chi connectivity index (χ2n) is 6.41. The summed E-state index contributed by atoms with van der Waals surface area (Å²) in [5.74, 6) is 2.51. The molecule has 1 aromatic rings. The SMILES string of the molecule is c1cc2c(cc1NC1CCCC1C1CCCN1)OCCO2. The molecule has 0 bridgehead atoms. The average Bonchev–Trinajstić information content (AvgIpc) is 3.18. The van der Waals surface area contributed by atoms with Crippen molar-refractivity contribution in [3.8, 4) is 11.5 Å². The van der Waals surface area contributed by atoms with Crippen LogP contribution in [0.25, 0.3) is 0 Å². The van der Waals surface area contributed by atoms with Crippen LogP contribution in [0.2, 0.25) is 0 Å². The van der Waals surface area contributed by atoms with Crippen molar-refractivity contribution in [1.82, 2.24) is 5.32 Å². The molecule has 4 heteroatoms. The van der Waals surface area contributed by atoms with Crippen molar-refractivity contribution in [3.05, 3.63) is 18.2 Å². The lowest BCUT2D eigenvalue weighted by Gasteiger charge is -2.28. The summed E-state index contributed by atoms with van der Waals surface area (Å²) in [5.41, 5.74) is 1.16. The molecule has 1 saturated heterocycles. The normalized spacial score (nSPS) is 31.3. The lowest BCUT2D eigenvalue weighted by molar-refractivity contribution is 0.171. The fourth-order valence-corrected chi connectivity index (χ4v) is 4.07. The molecule has 0 amide bonds. The van der Waals surface area contributed by atoms with E-state index in [1.165, 1.54) is 38.6 Å². The molecule has 114 valence electrons. The number of benzene rings is 1. The minimum absolute atomic E-state index is 0.586. The highest BCUT2D eigenvalue weighted by Crippen LogP contribution is 2.37. The third kappa shape index (κ3) is 2.69. The van der Waals surface area contributed by atoms with Crippen LogP contribution in [0, 0.1) is 5.92 Å². The van der Waals surface area contributed by atoms with Crippen LogP contribution in [0.3, 0.4) is 0 Å². The summed E-state index contributed by atoms with van der Waals surface area (Å²) in [6, 6.07) is 7.52. The molecule has 1 aromatic carbocycles. The molecule has 4 nitrogen and oxygen atoms in total. The molecule has 1 saturated carbocycles. The van der Waals surface area contributed by atoms with Crippen molar-refractivity contribution in [1.29, 1.82) is 0 Å². The zero-order chi connectivity index (χ0) is 14.1. The third-order valence-electron chi connectivity index (χ3n) is 5.08. The zero-order valence-electron chi connectivity index (χ0n) is 12.4. The van der Waals surface area contributed by atoms with E-state index in [0.29, 0.717) is 25.3 Å². The number of hydrogen-bond acceptors (Lipinski definition) is 4. The van der Waals surface area contributed by atoms with E-state index in [1.807, 2.05) is 6.07 Å². The minimum Gasteiger partial charge on any atom is -0.486 e. The van der Waals surface area contributed by atoms with Crippen LogP contribution in [0.15, 0.2) is 18.2 Å². The summed E-state index contributed by atoms with van der Waals surface area (Å²) >= 11 is 0. The summed E-state index contributed by atoms with van der Waals surface area (Å²) in [4.78, 5) is 0. The molecule has 0 radical (unpaired) electrons. The fraction of sp³-hybridized carbons (Fsp3) is 0.647. The van der Waals surface area contributed by atoms with Gasteiger partial charge in [0, 0.05) is 23.8 Å². The number of fused-ring (bicyclic) bond motifs is 1. The van der Waals surface area contributed by atoms with E-state index in [-0.39, 0.29) is 0 Å². The molecule has 0 aromatic heterocycles. The maximum atomic E-state index is 5.68. The number of ether oxygens (including phenoxy) is 2. The lowest BCUT2D eigenvalue weighted by atomic mass is 9.93. The summed E-state index contributed by atoms with van der Waals surface area (Å²) in [5, 5.41) is 7.42. The van der Waals surface area contributed by atoms with Crippen LogP contribution in [0.1, 0.15) is 32.1 Å². The second kappa shape index (κ2) is 5.76. The van der Waals surface area contributed by atoms with Gasteiger partial charge in [-0.3, -0.25) is 0 Å². The molecular weight excluding hydrogens is 264 g/mol. The highest BCUT2D eigenvalue weighted by atomic mass is 16.6. The van der Waals surface area contributed by atoms with E-state index in [1.54, 1.807) is 0 Å². The van der Waals surface area contributed by atoms with E-state index in [4.69, 9.17) is 9.47 Å². The quantitative estimate of drug-likeness (QED) is 0.897. The molecule has 3 aliphatic rings. The molecular formula is C17H24N2O2. The highest BCUT2D eigenvalue weighted by Gasteiger charge is 2.34. The largest absolute Gasteiger partial charge is 0.486 e. The van der Waals surface area contributed by atoms with Crippen LogP contribution >= 0.6 is 0 Å². The van der Waals surface area contributed by atoms with Gasteiger partial charge in [-0.1, -0.05) is 6.42 Å². The Bertz CT molecular complexity index is 500. The first-order chi connectivity index (χ1) is 10.4. The number of hydrogen-bond donors (Lipinski definition) is 2. The van der Waals surface area contributed by atoms with Crippen LogP contribution in [0.5, 0.6) is 11.5 Å². The molecule has 2 aliphatic heterocycles. The second-order valence-corrected chi connectivity index (χ2v) is 6.41. The van der Waals surface area contributed by atoms with E-state index < -0.39 is 0 Å². The van der Waals surface area contributed by atoms with Gasteiger partial charge in [0.25, 0.3) is 0 Å². The standard InChI is InChI=1S/C17H24N2O2/c1-3-13(14-5-2-8-18-14)15(4-1)19-12-6-7-16-17(11-12)21-10-9-20-16/h6-7,11,13-15,18-19H,1-5,8-10H2. The fourth-order valence-electron chi connectivity index (χ4n) is 4.07. The van der Waals surface area contributed by atoms with Gasteiger partial charge in [0.15, 0.2) is 11.5 Å². The van der Waals surface area contributed by atoms with Gasteiger partial charge in [0.1, 0.15) is 13.2 Å². The maximum Gasteiger partial charge on any atom is 0.163 e. The first-order valence-electron chi connectivity index (χ1n) is 8.30. The topological polar surface area (TPSA) is 42.5 Å². The maximum absolute atomic E-state index is 5.68. The predicted octanol–water partition coefficient (Wildman–Crippen LogP) is 2.79. The number of anilines is 1. The molecule has 3 atom stereocenters. The van der Waals surface area contributed by atoms with Crippen molar-refractivity contribution in [3.63, 3.8) is 0 Å². The van der Waals surface area contributed by atoms with Crippen LogP contribution in [-0.4, -0.2) is 31.8 Å². The van der Waals surface area contributed by atoms with Gasteiger partial charge in [-0.15, -0.1) is 0 Å². The summed E-state index contributed by atoms with van der Waals surface area (Å²) in [6.07, 6.45) is 6.63. The lowest BCUT2D eigenvalue weighted by Crippen LogP contribution is -2.38. The van der Waals surface area contributed by atoms with E-state index >= 15 is 0 Å². The van der Waals surface area contributed by atoms with Crippen molar-refractivity contribution >= 4 is 5.69 Å². The predicted molar refractivity (Wildman–Crippen MR) is 83.2 cm³/mol. The Morgan fingerprint density at radius 1 is 1.00 bits per heavy atom. The molecule has 3 unspecified atom stereocenters. The van der Waals surface area contributed by atoms with Crippen molar-refractivity contribution in [2.24, 2.45) is 5.92 Å². The number of nitrogens with one attached hydrogen (secondary N) is 2. The minimum atomic E-state index is 0.586. The van der Waals surface area contributed by atoms with Gasteiger partial charge < -0.3 is 20.1 Å². The summed E-state index contributed by atoms with van der Waals surface area (Å²) in [7, 11) is 0. The summed E-state index contributed by atoms with van der Waals surface area (Å²) < 4.78 is 11.3. The smallest absolute Gasteiger partial charge is 0.163 e. The Morgan fingerprint density at radius 3 is 2.76 bits per heavy atom. The first kappa shape index (κ1) is 13.3. The molecule has 1 aliphatic carbocycles. The Labute approximate surface area is 126 Å². The molecule has 2 fully saturated rings. The van der Waals surface area contributed by atoms with Crippen LogP contribution in [0.4, 0.5) is 5.69 Å². The zero-order valence-corrected chi connectivity index (χ0v) is 12.4. The third-order valence-corrected chi connectivity index (χ3v) is 5.08. The average molecular weight is 288 g/mol. The summed E-state index contributed by atoms with van der Waals surface area (Å²) in [6.45, 7) is 2.49. The van der Waals surface area contributed by atoms with E-state index in [2.05, 4.69) is 22.8 Å². The van der Waals surface area contributed by atoms with Crippen molar-refractivity contribution in [2.75, 3.05) is 25.1 Å². The van der Waals surface area contributed by atoms with Gasteiger partial charge in [0.05, 0.1) is 0 Å². The van der Waals surface area contributed by atoms with Gasteiger partial charge in [-0.05, 0) is 50.3 Å². The molecule has 2 heterocycles. The molecule has 0 spiro atoms.